The van der Waals surface area contributed by atoms with E-state index in [-0.39, 0.29) is 6.54 Å². The maximum atomic E-state index is 12.4. The first-order valence-electron chi connectivity index (χ1n) is 7.73. The summed E-state index contributed by atoms with van der Waals surface area (Å²) in [5, 5.41) is 9.17. The molecule has 0 saturated carbocycles. The lowest BCUT2D eigenvalue weighted by atomic mass is 9.85. The molecular weight excluding hydrogens is 291 g/mol. The number of likely N-dealkylation sites (tertiary alicyclic amines) is 1. The molecule has 1 aliphatic heterocycles. The smallest absolute Gasteiger partial charge is 0.382 e. The van der Waals surface area contributed by atoms with Gasteiger partial charge >= 0.3 is 6.18 Å². The van der Waals surface area contributed by atoms with Crippen molar-refractivity contribution in [1.82, 2.24) is 4.90 Å². The summed E-state index contributed by atoms with van der Waals surface area (Å²) in [6, 6.07) is 4.40. The molecule has 0 amide bonds. The molecule has 1 aromatic carbocycles. The molecule has 1 unspecified atom stereocenters. The van der Waals surface area contributed by atoms with Gasteiger partial charge in [-0.15, -0.1) is 0 Å². The van der Waals surface area contributed by atoms with Gasteiger partial charge in [0.15, 0.2) is 6.10 Å². The zero-order valence-electron chi connectivity index (χ0n) is 13.4. The number of benzene rings is 1. The molecule has 0 aliphatic carbocycles. The van der Waals surface area contributed by atoms with E-state index in [1.54, 1.807) is 4.90 Å². The standard InChI is InChI=1S/C17H24F3NO/c1-11-8-13(3)15(9-12(11)2)14-4-6-21(7-5-14)10-16(22)17(18,19)20/h8-9,14,16,22H,4-7,10H2,1-3H3. The Morgan fingerprint density at radius 1 is 1.09 bits per heavy atom. The Balaban J connectivity index is 1.97. The molecular formula is C17H24F3NO. The third-order valence-corrected chi connectivity index (χ3v) is 4.72. The molecule has 1 N–H and O–H groups in total. The highest BCUT2D eigenvalue weighted by atomic mass is 19.4. The second-order valence-corrected chi connectivity index (χ2v) is 6.43. The summed E-state index contributed by atoms with van der Waals surface area (Å²) in [7, 11) is 0. The Kier molecular flexibility index (Phi) is 5.17. The van der Waals surface area contributed by atoms with Gasteiger partial charge in [-0.2, -0.15) is 13.2 Å². The van der Waals surface area contributed by atoms with Gasteiger partial charge in [0.2, 0.25) is 0 Å². The van der Waals surface area contributed by atoms with Gasteiger partial charge in [-0.25, -0.2) is 0 Å². The highest BCUT2D eigenvalue weighted by Crippen LogP contribution is 2.32. The lowest BCUT2D eigenvalue weighted by Gasteiger charge is -2.34. The molecule has 0 radical (unpaired) electrons. The van der Waals surface area contributed by atoms with E-state index in [1.807, 2.05) is 0 Å². The molecule has 1 saturated heterocycles. The predicted molar refractivity (Wildman–Crippen MR) is 81.1 cm³/mol. The van der Waals surface area contributed by atoms with Gasteiger partial charge in [-0.1, -0.05) is 12.1 Å². The maximum absolute atomic E-state index is 12.4. The summed E-state index contributed by atoms with van der Waals surface area (Å²) in [4.78, 5) is 1.71. The minimum atomic E-state index is -4.53. The van der Waals surface area contributed by atoms with Crippen LogP contribution in [0.2, 0.25) is 0 Å². The summed E-state index contributed by atoms with van der Waals surface area (Å²) in [5.41, 5.74) is 5.11. The Morgan fingerprint density at radius 2 is 1.64 bits per heavy atom. The van der Waals surface area contributed by atoms with Crippen LogP contribution in [0.1, 0.15) is 41.0 Å². The van der Waals surface area contributed by atoms with Crippen LogP contribution >= 0.6 is 0 Å². The number of alkyl halides is 3. The summed E-state index contributed by atoms with van der Waals surface area (Å²) in [6.45, 7) is 7.17. The summed E-state index contributed by atoms with van der Waals surface area (Å²) < 4.78 is 37.2. The number of piperidine rings is 1. The van der Waals surface area contributed by atoms with Crippen molar-refractivity contribution in [3.63, 3.8) is 0 Å². The number of β-amino-alcohol motifs (C(OH)–C–C–N with tert-alkyl or cyclic N) is 1. The number of aliphatic hydroxyl groups excluding tert-OH is 1. The Labute approximate surface area is 129 Å². The normalized spacial score (nSPS) is 19.4. The van der Waals surface area contributed by atoms with Gasteiger partial charge in [-0.3, -0.25) is 0 Å². The van der Waals surface area contributed by atoms with Crippen LogP contribution in [0.5, 0.6) is 0 Å². The van der Waals surface area contributed by atoms with Crippen LogP contribution in [0.4, 0.5) is 13.2 Å². The van der Waals surface area contributed by atoms with Gasteiger partial charge in [0.05, 0.1) is 0 Å². The van der Waals surface area contributed by atoms with Crippen LogP contribution in [-0.4, -0.2) is 41.9 Å². The number of nitrogens with zero attached hydrogens (tertiary/aromatic N) is 1. The molecule has 1 aliphatic rings. The van der Waals surface area contributed by atoms with E-state index in [1.165, 1.54) is 22.3 Å². The van der Waals surface area contributed by atoms with Crippen molar-refractivity contribution in [3.8, 4) is 0 Å². The average Bonchev–Trinajstić information content (AvgIpc) is 2.43. The first-order chi connectivity index (χ1) is 10.2. The Bertz CT molecular complexity index is 519. The van der Waals surface area contributed by atoms with Crippen LogP contribution in [-0.2, 0) is 0 Å². The fourth-order valence-corrected chi connectivity index (χ4v) is 3.20. The molecule has 124 valence electrons. The molecule has 2 nitrogen and oxygen atoms in total. The minimum Gasteiger partial charge on any atom is -0.382 e. The van der Waals surface area contributed by atoms with Gasteiger partial charge < -0.3 is 10.0 Å². The zero-order valence-corrected chi connectivity index (χ0v) is 13.4. The summed E-state index contributed by atoms with van der Waals surface area (Å²) in [6.07, 6.45) is -5.09. The SMILES string of the molecule is Cc1cc(C)c(C2CCN(CC(O)C(F)(F)F)CC2)cc1C. The highest BCUT2D eigenvalue weighted by Gasteiger charge is 2.39. The summed E-state index contributed by atoms with van der Waals surface area (Å²) >= 11 is 0. The number of halogens is 3. The first kappa shape index (κ1) is 17.3. The third-order valence-electron chi connectivity index (χ3n) is 4.72. The Hall–Kier alpha value is -1.07. The fourth-order valence-electron chi connectivity index (χ4n) is 3.20. The quantitative estimate of drug-likeness (QED) is 0.919. The minimum absolute atomic E-state index is 0.317. The number of aryl methyl sites for hydroxylation is 3. The van der Waals surface area contributed by atoms with Crippen LogP contribution in [0.3, 0.4) is 0 Å². The average molecular weight is 315 g/mol. The molecule has 1 aromatic rings. The topological polar surface area (TPSA) is 23.5 Å². The van der Waals surface area contributed by atoms with E-state index in [0.29, 0.717) is 19.0 Å². The van der Waals surface area contributed by atoms with Gasteiger partial charge in [0.25, 0.3) is 0 Å². The van der Waals surface area contributed by atoms with Crippen molar-refractivity contribution in [3.05, 3.63) is 34.4 Å². The van der Waals surface area contributed by atoms with E-state index in [2.05, 4.69) is 32.9 Å². The maximum Gasteiger partial charge on any atom is 0.415 e. The van der Waals surface area contributed by atoms with Crippen molar-refractivity contribution in [2.45, 2.75) is 51.8 Å². The van der Waals surface area contributed by atoms with E-state index in [9.17, 15) is 13.2 Å². The summed E-state index contributed by atoms with van der Waals surface area (Å²) in [5.74, 6) is 0.401. The largest absolute Gasteiger partial charge is 0.415 e. The van der Waals surface area contributed by atoms with Crippen molar-refractivity contribution in [2.24, 2.45) is 0 Å². The van der Waals surface area contributed by atoms with E-state index < -0.39 is 12.3 Å². The lowest BCUT2D eigenvalue weighted by Crippen LogP contribution is -2.44. The third kappa shape index (κ3) is 4.02. The highest BCUT2D eigenvalue weighted by molar-refractivity contribution is 5.38. The second-order valence-electron chi connectivity index (χ2n) is 6.43. The van der Waals surface area contributed by atoms with Gasteiger partial charge in [0.1, 0.15) is 0 Å². The van der Waals surface area contributed by atoms with Crippen LogP contribution in [0.15, 0.2) is 12.1 Å². The van der Waals surface area contributed by atoms with Gasteiger partial charge in [0, 0.05) is 6.54 Å². The molecule has 0 spiro atoms. The zero-order chi connectivity index (χ0) is 16.5. The molecule has 5 heteroatoms. The van der Waals surface area contributed by atoms with Crippen LogP contribution in [0, 0.1) is 20.8 Å². The number of aliphatic hydroxyl groups is 1. The molecule has 22 heavy (non-hydrogen) atoms. The molecule has 0 aromatic heterocycles. The Morgan fingerprint density at radius 3 is 2.18 bits per heavy atom. The lowest BCUT2D eigenvalue weighted by molar-refractivity contribution is -0.208. The van der Waals surface area contributed by atoms with Crippen molar-refractivity contribution in [1.29, 1.82) is 0 Å². The first-order valence-corrected chi connectivity index (χ1v) is 7.73. The molecule has 1 fully saturated rings. The molecule has 0 bridgehead atoms. The number of hydrogen-bond acceptors (Lipinski definition) is 2. The molecule has 1 heterocycles. The number of hydrogen-bond donors (Lipinski definition) is 1. The van der Waals surface area contributed by atoms with Crippen molar-refractivity contribution < 1.29 is 18.3 Å². The fraction of sp³-hybridized carbons (Fsp3) is 0.647. The van der Waals surface area contributed by atoms with Gasteiger partial charge in [-0.05, 0) is 74.9 Å². The van der Waals surface area contributed by atoms with E-state index >= 15 is 0 Å². The molecule has 1 atom stereocenters. The van der Waals surface area contributed by atoms with E-state index in [4.69, 9.17) is 5.11 Å². The van der Waals surface area contributed by atoms with Crippen LogP contribution in [0.25, 0.3) is 0 Å². The van der Waals surface area contributed by atoms with Crippen molar-refractivity contribution >= 4 is 0 Å². The monoisotopic (exact) mass is 315 g/mol. The van der Waals surface area contributed by atoms with Crippen LogP contribution < -0.4 is 0 Å². The predicted octanol–water partition coefficient (Wildman–Crippen LogP) is 3.71. The second kappa shape index (κ2) is 6.59. The molecule has 2 rings (SSSR count). The number of rotatable bonds is 3. The van der Waals surface area contributed by atoms with Crippen molar-refractivity contribution in [2.75, 3.05) is 19.6 Å². The van der Waals surface area contributed by atoms with E-state index in [0.717, 1.165) is 12.8 Å².